The first-order chi connectivity index (χ1) is 11.7. The lowest BCUT2D eigenvalue weighted by atomic mass is 9.97. The number of hydrogen-bond acceptors (Lipinski definition) is 4. The van der Waals surface area contributed by atoms with Crippen molar-refractivity contribution < 1.29 is 19.1 Å². The lowest BCUT2D eigenvalue weighted by Crippen LogP contribution is -2.06. The predicted octanol–water partition coefficient (Wildman–Crippen LogP) is 4.35. The van der Waals surface area contributed by atoms with Gasteiger partial charge in [-0.05, 0) is 59.7 Å². The third-order valence-corrected chi connectivity index (χ3v) is 3.87. The lowest BCUT2D eigenvalue weighted by molar-refractivity contribution is 0.0519. The molecule has 0 heterocycles. The van der Waals surface area contributed by atoms with Gasteiger partial charge in [-0.25, -0.2) is 9.59 Å². The van der Waals surface area contributed by atoms with Gasteiger partial charge in [-0.3, -0.25) is 0 Å². The van der Waals surface area contributed by atoms with Crippen molar-refractivity contribution in [3.05, 3.63) is 59.7 Å². The summed E-state index contributed by atoms with van der Waals surface area (Å²) in [6, 6.07) is 14.8. The molecule has 0 saturated carbocycles. The average Bonchev–Trinajstić information content (AvgIpc) is 2.59. The minimum atomic E-state index is -0.344. The van der Waals surface area contributed by atoms with E-state index in [-0.39, 0.29) is 11.9 Å². The van der Waals surface area contributed by atoms with Crippen molar-refractivity contribution in [3.8, 4) is 0 Å². The molecule has 0 fully saturated rings. The van der Waals surface area contributed by atoms with E-state index in [0.717, 1.165) is 21.5 Å². The number of esters is 2. The van der Waals surface area contributed by atoms with Crippen LogP contribution in [0.4, 0.5) is 0 Å². The second-order valence-corrected chi connectivity index (χ2v) is 5.35. The van der Waals surface area contributed by atoms with Crippen molar-refractivity contribution in [1.82, 2.24) is 0 Å². The van der Waals surface area contributed by atoms with Gasteiger partial charge in [-0.1, -0.05) is 24.3 Å². The third-order valence-electron chi connectivity index (χ3n) is 3.87. The minimum Gasteiger partial charge on any atom is -0.462 e. The molecule has 24 heavy (non-hydrogen) atoms. The Morgan fingerprint density at radius 2 is 1.17 bits per heavy atom. The molecule has 0 bridgehead atoms. The molecule has 0 aliphatic heterocycles. The van der Waals surface area contributed by atoms with Crippen LogP contribution >= 0.6 is 0 Å². The highest BCUT2D eigenvalue weighted by atomic mass is 16.5. The van der Waals surface area contributed by atoms with Crippen LogP contribution in [0, 0.1) is 0 Å². The first kappa shape index (κ1) is 16.0. The van der Waals surface area contributed by atoms with E-state index in [1.165, 1.54) is 0 Å². The van der Waals surface area contributed by atoms with Crippen molar-refractivity contribution in [2.45, 2.75) is 13.8 Å². The Morgan fingerprint density at radius 1 is 0.750 bits per heavy atom. The number of ether oxygens (including phenoxy) is 2. The number of rotatable bonds is 4. The van der Waals surface area contributed by atoms with E-state index in [4.69, 9.17) is 9.47 Å². The van der Waals surface area contributed by atoms with Crippen LogP contribution in [0.5, 0.6) is 0 Å². The van der Waals surface area contributed by atoms with Crippen molar-refractivity contribution >= 4 is 33.5 Å². The van der Waals surface area contributed by atoms with Crippen LogP contribution in [0.15, 0.2) is 48.5 Å². The Hall–Kier alpha value is -2.88. The van der Waals surface area contributed by atoms with E-state index in [1.807, 2.05) is 36.4 Å². The Kier molecular flexibility index (Phi) is 4.47. The molecule has 0 radical (unpaired) electrons. The van der Waals surface area contributed by atoms with Crippen molar-refractivity contribution in [2.24, 2.45) is 0 Å². The van der Waals surface area contributed by atoms with Crippen LogP contribution in [0.25, 0.3) is 21.5 Å². The van der Waals surface area contributed by atoms with Crippen LogP contribution < -0.4 is 0 Å². The quantitative estimate of drug-likeness (QED) is 0.529. The van der Waals surface area contributed by atoms with Crippen molar-refractivity contribution in [3.63, 3.8) is 0 Å². The molecule has 122 valence electrons. The molecule has 4 heteroatoms. The molecule has 0 aliphatic rings. The van der Waals surface area contributed by atoms with E-state index in [0.29, 0.717) is 24.3 Å². The summed E-state index contributed by atoms with van der Waals surface area (Å²) < 4.78 is 10.3. The molecule has 0 N–H and O–H groups in total. The summed E-state index contributed by atoms with van der Waals surface area (Å²) in [5.74, 6) is -0.687. The molecule has 4 nitrogen and oxygen atoms in total. The summed E-state index contributed by atoms with van der Waals surface area (Å²) in [5.41, 5.74) is 1.05. The van der Waals surface area contributed by atoms with Crippen LogP contribution in [-0.4, -0.2) is 25.2 Å². The maximum atomic E-state index is 12.2. The summed E-state index contributed by atoms with van der Waals surface area (Å²) in [6.07, 6.45) is 0. The zero-order chi connectivity index (χ0) is 17.1. The van der Waals surface area contributed by atoms with E-state index in [1.54, 1.807) is 26.0 Å². The summed E-state index contributed by atoms with van der Waals surface area (Å²) in [6.45, 7) is 4.22. The second-order valence-electron chi connectivity index (χ2n) is 5.35. The van der Waals surface area contributed by atoms with E-state index in [9.17, 15) is 9.59 Å². The van der Waals surface area contributed by atoms with E-state index < -0.39 is 0 Å². The molecule has 3 rings (SSSR count). The number of fused-ring (bicyclic) bond motifs is 2. The van der Waals surface area contributed by atoms with E-state index in [2.05, 4.69) is 0 Å². The van der Waals surface area contributed by atoms with Gasteiger partial charge >= 0.3 is 11.9 Å². The molecule has 0 atom stereocenters. The zero-order valence-corrected chi connectivity index (χ0v) is 13.7. The van der Waals surface area contributed by atoms with Gasteiger partial charge < -0.3 is 9.47 Å². The molecule has 0 amide bonds. The highest BCUT2D eigenvalue weighted by molar-refractivity contribution is 6.12. The monoisotopic (exact) mass is 322 g/mol. The van der Waals surface area contributed by atoms with Gasteiger partial charge in [-0.2, -0.15) is 0 Å². The Bertz CT molecular complexity index is 850. The van der Waals surface area contributed by atoms with Crippen LogP contribution in [0.1, 0.15) is 34.6 Å². The Morgan fingerprint density at radius 3 is 1.54 bits per heavy atom. The maximum Gasteiger partial charge on any atom is 0.338 e. The predicted molar refractivity (Wildman–Crippen MR) is 93.4 cm³/mol. The highest BCUT2D eigenvalue weighted by Gasteiger charge is 2.15. The third kappa shape index (κ3) is 2.83. The summed E-state index contributed by atoms with van der Waals surface area (Å²) in [4.78, 5) is 24.3. The topological polar surface area (TPSA) is 52.6 Å². The molecular formula is C20H18O4. The normalized spacial score (nSPS) is 10.8. The smallest absolute Gasteiger partial charge is 0.338 e. The molecule has 3 aromatic carbocycles. The molecule has 0 spiro atoms. The molecule has 3 aromatic rings. The molecule has 0 aromatic heterocycles. The van der Waals surface area contributed by atoms with Gasteiger partial charge in [0, 0.05) is 0 Å². The summed E-state index contributed by atoms with van der Waals surface area (Å²) in [7, 11) is 0. The number of benzene rings is 3. The fraction of sp³-hybridized carbons (Fsp3) is 0.200. The Labute approximate surface area is 140 Å². The van der Waals surface area contributed by atoms with Crippen LogP contribution in [-0.2, 0) is 9.47 Å². The average molecular weight is 322 g/mol. The first-order valence-electron chi connectivity index (χ1n) is 7.95. The van der Waals surface area contributed by atoms with Crippen molar-refractivity contribution in [1.29, 1.82) is 0 Å². The lowest BCUT2D eigenvalue weighted by Gasteiger charge is -2.10. The fourth-order valence-electron chi connectivity index (χ4n) is 2.82. The minimum absolute atomic E-state index is 0.329. The van der Waals surface area contributed by atoms with Crippen LogP contribution in [0.3, 0.4) is 0 Å². The van der Waals surface area contributed by atoms with Gasteiger partial charge in [0.1, 0.15) is 0 Å². The molecule has 0 aliphatic carbocycles. The van der Waals surface area contributed by atoms with Gasteiger partial charge in [0.25, 0.3) is 0 Å². The Balaban J connectivity index is 2.23. The zero-order valence-electron chi connectivity index (χ0n) is 13.7. The summed E-state index contributed by atoms with van der Waals surface area (Å²) in [5, 5.41) is 3.38. The summed E-state index contributed by atoms with van der Waals surface area (Å²) >= 11 is 0. The number of carbonyl (C=O) groups excluding carboxylic acids is 2. The number of hydrogen-bond donors (Lipinski definition) is 0. The van der Waals surface area contributed by atoms with Gasteiger partial charge in [-0.15, -0.1) is 0 Å². The largest absolute Gasteiger partial charge is 0.462 e. The fourth-order valence-corrected chi connectivity index (χ4v) is 2.82. The highest BCUT2D eigenvalue weighted by Crippen LogP contribution is 2.28. The van der Waals surface area contributed by atoms with Gasteiger partial charge in [0.05, 0.1) is 24.3 Å². The van der Waals surface area contributed by atoms with Crippen molar-refractivity contribution in [2.75, 3.05) is 13.2 Å². The van der Waals surface area contributed by atoms with Gasteiger partial charge in [0.2, 0.25) is 0 Å². The van der Waals surface area contributed by atoms with E-state index >= 15 is 0 Å². The number of carbonyl (C=O) groups is 2. The SMILES string of the molecule is CCOC(=O)c1cccc2cc3c(C(=O)OCC)cccc3cc12. The molecule has 0 saturated heterocycles. The van der Waals surface area contributed by atoms with Gasteiger partial charge in [0.15, 0.2) is 0 Å². The standard InChI is InChI=1S/C20H18O4/c1-3-23-19(21)15-9-5-7-13-12-18-14(11-17(13)15)8-6-10-16(18)20(22)24-4-2/h5-12H,3-4H2,1-2H3. The maximum absolute atomic E-state index is 12.2. The second kappa shape index (κ2) is 6.71. The van der Waals surface area contributed by atoms with Crippen LogP contribution in [0.2, 0.25) is 0 Å². The molecular weight excluding hydrogens is 304 g/mol. The molecule has 0 unspecified atom stereocenters. The first-order valence-corrected chi connectivity index (χ1v) is 7.95.